The van der Waals surface area contributed by atoms with Crippen LogP contribution in [0.25, 0.3) is 0 Å². The predicted molar refractivity (Wildman–Crippen MR) is 54.5 cm³/mol. The summed E-state index contributed by atoms with van der Waals surface area (Å²) in [6.45, 7) is 2.62. The molecule has 2 heterocycles. The lowest BCUT2D eigenvalue weighted by Crippen LogP contribution is -2.04. The average Bonchev–Trinajstić information content (AvgIpc) is 2.67. The smallest absolute Gasteiger partial charge is 0.177 e. The lowest BCUT2D eigenvalue weighted by molar-refractivity contribution is 0.685. The summed E-state index contributed by atoms with van der Waals surface area (Å²) >= 11 is 5.12. The van der Waals surface area contributed by atoms with Crippen molar-refractivity contribution < 1.29 is 0 Å². The zero-order valence-corrected chi connectivity index (χ0v) is 8.88. The molecule has 14 heavy (non-hydrogen) atoms. The molecule has 0 bridgehead atoms. The molecule has 0 atom stereocenters. The summed E-state index contributed by atoms with van der Waals surface area (Å²) in [6.07, 6.45) is 3.56. The molecule has 0 aliphatic rings. The van der Waals surface area contributed by atoms with Crippen molar-refractivity contribution in [1.29, 1.82) is 0 Å². The first kappa shape index (κ1) is 9.14. The van der Waals surface area contributed by atoms with Crippen LogP contribution in [0.1, 0.15) is 11.5 Å². The second-order valence-electron chi connectivity index (χ2n) is 3.16. The van der Waals surface area contributed by atoms with E-state index in [0.717, 1.165) is 11.5 Å². The van der Waals surface area contributed by atoms with Crippen molar-refractivity contribution >= 4 is 12.2 Å². The van der Waals surface area contributed by atoms with Gasteiger partial charge in [-0.25, -0.2) is 4.98 Å². The molecule has 0 aliphatic carbocycles. The Labute approximate surface area is 86.4 Å². The van der Waals surface area contributed by atoms with Crippen molar-refractivity contribution in [2.24, 2.45) is 7.05 Å². The van der Waals surface area contributed by atoms with Gasteiger partial charge in [0.2, 0.25) is 0 Å². The molecule has 2 aromatic rings. The average molecular weight is 209 g/mol. The maximum atomic E-state index is 5.12. The third-order valence-electron chi connectivity index (χ3n) is 2.02. The first-order valence-corrected chi connectivity index (χ1v) is 4.67. The number of aromatic nitrogens is 5. The van der Waals surface area contributed by atoms with Crippen molar-refractivity contribution in [3.05, 3.63) is 28.8 Å². The van der Waals surface area contributed by atoms with E-state index in [-0.39, 0.29) is 0 Å². The van der Waals surface area contributed by atoms with E-state index >= 15 is 0 Å². The number of H-pyrrole nitrogens is 1. The van der Waals surface area contributed by atoms with Crippen LogP contribution in [0.15, 0.2) is 12.5 Å². The fraction of sp³-hybridized carbons (Fsp3) is 0.375. The molecule has 0 unspecified atom stereocenters. The number of nitrogens with zero attached hydrogens (tertiary/aromatic N) is 4. The Morgan fingerprint density at radius 2 is 2.36 bits per heavy atom. The number of aromatic amines is 1. The molecule has 5 nitrogen and oxygen atoms in total. The topological polar surface area (TPSA) is 51.4 Å². The highest BCUT2D eigenvalue weighted by atomic mass is 32.1. The van der Waals surface area contributed by atoms with Gasteiger partial charge in [0.05, 0.1) is 6.54 Å². The Morgan fingerprint density at radius 1 is 1.57 bits per heavy atom. The summed E-state index contributed by atoms with van der Waals surface area (Å²) in [6, 6.07) is 0. The Balaban J connectivity index is 2.31. The van der Waals surface area contributed by atoms with Gasteiger partial charge in [-0.2, -0.15) is 5.10 Å². The van der Waals surface area contributed by atoms with E-state index in [1.807, 2.05) is 24.7 Å². The second kappa shape index (κ2) is 3.38. The van der Waals surface area contributed by atoms with Crippen LogP contribution in [0.2, 0.25) is 0 Å². The lowest BCUT2D eigenvalue weighted by Gasteiger charge is -2.00. The number of aryl methyl sites for hydroxylation is 2. The van der Waals surface area contributed by atoms with Crippen LogP contribution in [0.5, 0.6) is 0 Å². The summed E-state index contributed by atoms with van der Waals surface area (Å²) in [5.74, 6) is 0.770. The summed E-state index contributed by atoms with van der Waals surface area (Å²) in [7, 11) is 1.85. The molecule has 0 aromatic carbocycles. The van der Waals surface area contributed by atoms with Crippen LogP contribution in [0.3, 0.4) is 0 Å². The van der Waals surface area contributed by atoms with Crippen LogP contribution in [-0.2, 0) is 13.6 Å². The van der Waals surface area contributed by atoms with E-state index in [2.05, 4.69) is 15.1 Å². The largest absolute Gasteiger partial charge is 0.337 e. The van der Waals surface area contributed by atoms with Gasteiger partial charge in [-0.1, -0.05) is 0 Å². The molecule has 0 saturated carbocycles. The van der Waals surface area contributed by atoms with Crippen LogP contribution >= 0.6 is 12.2 Å². The van der Waals surface area contributed by atoms with Crippen molar-refractivity contribution in [3.63, 3.8) is 0 Å². The molecule has 0 spiro atoms. The minimum Gasteiger partial charge on any atom is -0.337 e. The van der Waals surface area contributed by atoms with E-state index in [1.54, 1.807) is 11.0 Å². The van der Waals surface area contributed by atoms with E-state index in [4.69, 9.17) is 12.2 Å². The normalized spacial score (nSPS) is 10.7. The molecule has 74 valence electrons. The minimum absolute atomic E-state index is 0.620. The Kier molecular flexibility index (Phi) is 2.20. The first-order chi connectivity index (χ1) is 6.66. The zero-order valence-electron chi connectivity index (χ0n) is 8.06. The van der Waals surface area contributed by atoms with Gasteiger partial charge >= 0.3 is 0 Å². The predicted octanol–water partition coefficient (Wildman–Crippen LogP) is 1.03. The SMILES string of the molecule is Cc1c[nH]c(=S)n1Cc1ncn(C)n1. The maximum absolute atomic E-state index is 5.12. The number of hydrogen-bond donors (Lipinski definition) is 1. The summed E-state index contributed by atoms with van der Waals surface area (Å²) in [5.41, 5.74) is 1.09. The van der Waals surface area contributed by atoms with Gasteiger partial charge in [0.1, 0.15) is 6.33 Å². The van der Waals surface area contributed by atoms with E-state index in [9.17, 15) is 0 Å². The Bertz CT molecular complexity index is 492. The molecule has 0 radical (unpaired) electrons. The Morgan fingerprint density at radius 3 is 2.86 bits per heavy atom. The molecule has 2 rings (SSSR count). The molecular formula is C8H11N5S. The second-order valence-corrected chi connectivity index (χ2v) is 3.54. The van der Waals surface area contributed by atoms with Gasteiger partial charge in [-0.15, -0.1) is 0 Å². The van der Waals surface area contributed by atoms with Crippen molar-refractivity contribution in [1.82, 2.24) is 24.3 Å². The monoisotopic (exact) mass is 209 g/mol. The van der Waals surface area contributed by atoms with E-state index in [1.165, 1.54) is 0 Å². The highest BCUT2D eigenvalue weighted by Gasteiger charge is 2.03. The summed E-state index contributed by atoms with van der Waals surface area (Å²) in [4.78, 5) is 7.12. The van der Waals surface area contributed by atoms with Gasteiger partial charge in [0.15, 0.2) is 10.6 Å². The maximum Gasteiger partial charge on any atom is 0.177 e. The number of rotatable bonds is 2. The van der Waals surface area contributed by atoms with E-state index in [0.29, 0.717) is 11.3 Å². The standard InChI is InChI=1S/C8H11N5S/c1-6-3-9-8(14)13(6)4-7-10-5-12(2)11-7/h3,5H,4H2,1-2H3,(H,9,14). The molecule has 6 heteroatoms. The number of imidazole rings is 1. The first-order valence-electron chi connectivity index (χ1n) is 4.26. The van der Waals surface area contributed by atoms with Gasteiger partial charge in [0.25, 0.3) is 0 Å². The fourth-order valence-electron chi connectivity index (χ4n) is 1.28. The molecule has 0 amide bonds. The molecule has 1 N–H and O–H groups in total. The van der Waals surface area contributed by atoms with E-state index < -0.39 is 0 Å². The molecule has 0 aliphatic heterocycles. The van der Waals surface area contributed by atoms with Gasteiger partial charge in [0, 0.05) is 18.9 Å². The third kappa shape index (κ3) is 1.60. The quantitative estimate of drug-likeness (QED) is 0.752. The number of nitrogens with one attached hydrogen (secondary N) is 1. The van der Waals surface area contributed by atoms with Crippen molar-refractivity contribution in [2.45, 2.75) is 13.5 Å². The minimum atomic E-state index is 0.620. The van der Waals surface area contributed by atoms with Gasteiger partial charge < -0.3 is 9.55 Å². The fourth-order valence-corrected chi connectivity index (χ4v) is 1.54. The van der Waals surface area contributed by atoms with Gasteiger partial charge in [-0.05, 0) is 19.1 Å². The summed E-state index contributed by atoms with van der Waals surface area (Å²) < 4.78 is 4.35. The molecule has 0 saturated heterocycles. The molecule has 2 aromatic heterocycles. The number of hydrogen-bond acceptors (Lipinski definition) is 3. The molecule has 0 fully saturated rings. The van der Waals surface area contributed by atoms with Crippen LogP contribution < -0.4 is 0 Å². The van der Waals surface area contributed by atoms with Crippen LogP contribution in [-0.4, -0.2) is 24.3 Å². The Hall–Kier alpha value is -1.43. The van der Waals surface area contributed by atoms with Crippen molar-refractivity contribution in [3.8, 4) is 0 Å². The highest BCUT2D eigenvalue weighted by molar-refractivity contribution is 7.71. The van der Waals surface area contributed by atoms with Crippen LogP contribution in [0, 0.1) is 11.7 Å². The molecular weight excluding hydrogens is 198 g/mol. The van der Waals surface area contributed by atoms with Gasteiger partial charge in [-0.3, -0.25) is 4.68 Å². The van der Waals surface area contributed by atoms with Crippen molar-refractivity contribution in [2.75, 3.05) is 0 Å². The summed E-state index contributed by atoms with van der Waals surface area (Å²) in [5, 5.41) is 4.19. The highest BCUT2D eigenvalue weighted by Crippen LogP contribution is 2.02. The zero-order chi connectivity index (χ0) is 10.1. The third-order valence-corrected chi connectivity index (χ3v) is 2.36. The lowest BCUT2D eigenvalue weighted by atomic mass is 10.5. The van der Waals surface area contributed by atoms with Crippen LogP contribution in [0.4, 0.5) is 0 Å².